The summed E-state index contributed by atoms with van der Waals surface area (Å²) in [6.07, 6.45) is 2.79. The number of nitrogens with one attached hydrogen (secondary N) is 4. The number of aromatic nitrogens is 1. The van der Waals surface area contributed by atoms with E-state index in [-0.39, 0.29) is 29.4 Å². The normalized spacial score (nSPS) is 28.2. The number of ketones is 2. The van der Waals surface area contributed by atoms with E-state index in [1.54, 1.807) is 12.1 Å². The fourth-order valence-corrected chi connectivity index (χ4v) is 6.31. The van der Waals surface area contributed by atoms with Gasteiger partial charge in [0, 0.05) is 40.4 Å². The number of benzene rings is 2. The third-order valence-electron chi connectivity index (χ3n) is 7.98. The first-order valence-corrected chi connectivity index (χ1v) is 12.0. The number of allylic oxidation sites excluding steroid dienone is 1. The number of hydrogen-bond donors (Lipinski definition) is 4. The lowest BCUT2D eigenvalue weighted by Gasteiger charge is -2.30. The van der Waals surface area contributed by atoms with E-state index >= 15 is 0 Å². The molecule has 4 atom stereocenters. The quantitative estimate of drug-likeness (QED) is 0.350. The number of anilines is 1. The van der Waals surface area contributed by atoms with Gasteiger partial charge in [0.05, 0.1) is 17.7 Å². The van der Waals surface area contributed by atoms with Gasteiger partial charge in [0.1, 0.15) is 5.41 Å². The van der Waals surface area contributed by atoms with E-state index in [0.29, 0.717) is 23.5 Å². The maximum atomic E-state index is 13.5. The molecule has 0 radical (unpaired) electrons. The molecule has 1 aromatic heterocycles. The molecule has 0 bridgehead atoms. The van der Waals surface area contributed by atoms with Crippen molar-refractivity contribution in [2.24, 2.45) is 11.3 Å². The molecule has 174 valence electrons. The summed E-state index contributed by atoms with van der Waals surface area (Å²) in [5, 5.41) is 10.7. The van der Waals surface area contributed by atoms with Crippen LogP contribution in [0.3, 0.4) is 0 Å². The molecule has 2 aromatic carbocycles. The molecule has 7 nitrogen and oxygen atoms in total. The minimum atomic E-state index is -0.513. The SMILES string of the molecule is CC1=C2NCC3C(=O)C23C2=CC(C(=O)c3cc4cc(NC(=O)c5ccccc5)ccc4[nH]3)NC2C1. The summed E-state index contributed by atoms with van der Waals surface area (Å²) in [7, 11) is 0. The highest BCUT2D eigenvalue weighted by Gasteiger charge is 2.74. The molecular formula is C28H24N4O3. The summed E-state index contributed by atoms with van der Waals surface area (Å²) in [6.45, 7) is 2.77. The first-order chi connectivity index (χ1) is 17.0. The van der Waals surface area contributed by atoms with Crippen LogP contribution in [0.5, 0.6) is 0 Å². The van der Waals surface area contributed by atoms with Crippen LogP contribution in [0.1, 0.15) is 34.2 Å². The number of H-pyrrole nitrogens is 1. The van der Waals surface area contributed by atoms with Crippen molar-refractivity contribution in [2.45, 2.75) is 25.4 Å². The number of amides is 1. The molecule has 4 N–H and O–H groups in total. The van der Waals surface area contributed by atoms with E-state index in [9.17, 15) is 14.4 Å². The Balaban J connectivity index is 1.14. The van der Waals surface area contributed by atoms with E-state index in [0.717, 1.165) is 28.6 Å². The van der Waals surface area contributed by atoms with Gasteiger partial charge in [-0.15, -0.1) is 0 Å². The Morgan fingerprint density at radius 3 is 2.71 bits per heavy atom. The molecule has 2 aliphatic carbocycles. The summed E-state index contributed by atoms with van der Waals surface area (Å²) in [4.78, 5) is 41.9. The van der Waals surface area contributed by atoms with Crippen LogP contribution in [0, 0.1) is 11.3 Å². The van der Waals surface area contributed by atoms with Gasteiger partial charge in [-0.25, -0.2) is 0 Å². The lowest BCUT2D eigenvalue weighted by atomic mass is 9.78. The Morgan fingerprint density at radius 2 is 1.91 bits per heavy atom. The standard InChI is InChI=1S/C28H24N4O3/c1-14-9-21-18(28-19(26(28)34)13-29-25(14)28)12-23(32-21)24(33)22-11-16-10-17(7-8-20(16)31-22)30-27(35)15-5-3-2-4-6-15/h2-8,10-12,19,21,23,29,31-32H,9,13H2,1H3,(H,30,35). The molecule has 3 heterocycles. The van der Waals surface area contributed by atoms with Crippen molar-refractivity contribution >= 4 is 34.1 Å². The Morgan fingerprint density at radius 1 is 1.09 bits per heavy atom. The largest absolute Gasteiger partial charge is 0.386 e. The number of aromatic amines is 1. The van der Waals surface area contributed by atoms with E-state index in [1.807, 2.05) is 48.5 Å². The molecule has 7 rings (SSSR count). The molecule has 4 unspecified atom stereocenters. The topological polar surface area (TPSA) is 103 Å². The maximum Gasteiger partial charge on any atom is 0.255 e. The van der Waals surface area contributed by atoms with Gasteiger partial charge >= 0.3 is 0 Å². The molecule has 1 spiro atoms. The second-order valence-corrected chi connectivity index (χ2v) is 9.95. The van der Waals surface area contributed by atoms with Crippen LogP contribution >= 0.6 is 0 Å². The first kappa shape index (κ1) is 20.4. The highest BCUT2D eigenvalue weighted by molar-refractivity contribution is 6.13. The predicted molar refractivity (Wildman–Crippen MR) is 132 cm³/mol. The molecule has 1 saturated carbocycles. The lowest BCUT2D eigenvalue weighted by molar-refractivity contribution is -0.113. The number of hydrogen-bond acceptors (Lipinski definition) is 5. The maximum absolute atomic E-state index is 13.5. The molecule has 7 heteroatoms. The van der Waals surface area contributed by atoms with Gasteiger partial charge in [-0.1, -0.05) is 29.8 Å². The molecule has 35 heavy (non-hydrogen) atoms. The molecule has 4 aliphatic rings. The van der Waals surface area contributed by atoms with Crippen molar-refractivity contribution in [2.75, 3.05) is 11.9 Å². The van der Waals surface area contributed by atoms with Gasteiger partial charge in [0.15, 0.2) is 11.6 Å². The summed E-state index contributed by atoms with van der Waals surface area (Å²) in [5.74, 6) is 0.0595. The summed E-state index contributed by atoms with van der Waals surface area (Å²) < 4.78 is 0. The minimum Gasteiger partial charge on any atom is -0.386 e. The lowest BCUT2D eigenvalue weighted by Crippen LogP contribution is -2.41. The van der Waals surface area contributed by atoms with Crippen LogP contribution in [0.15, 0.2) is 77.5 Å². The van der Waals surface area contributed by atoms with Crippen molar-refractivity contribution in [1.29, 1.82) is 0 Å². The van der Waals surface area contributed by atoms with Crippen LogP contribution < -0.4 is 16.0 Å². The van der Waals surface area contributed by atoms with Crippen molar-refractivity contribution in [3.05, 3.63) is 88.8 Å². The second kappa shape index (κ2) is 7.02. The first-order valence-electron chi connectivity index (χ1n) is 12.0. The van der Waals surface area contributed by atoms with Crippen LogP contribution in [0.25, 0.3) is 10.9 Å². The Bertz CT molecular complexity index is 1520. The zero-order valence-corrected chi connectivity index (χ0v) is 19.1. The average Bonchev–Trinajstić information content (AvgIpc) is 3.35. The van der Waals surface area contributed by atoms with Gasteiger partial charge in [-0.3, -0.25) is 19.7 Å². The van der Waals surface area contributed by atoms with Crippen LogP contribution in [-0.4, -0.2) is 41.1 Å². The predicted octanol–water partition coefficient (Wildman–Crippen LogP) is 3.34. The zero-order chi connectivity index (χ0) is 23.9. The molecule has 1 saturated heterocycles. The number of fused-ring (bicyclic) bond motifs is 2. The number of piperidine rings is 1. The van der Waals surface area contributed by atoms with Gasteiger partial charge < -0.3 is 15.6 Å². The van der Waals surface area contributed by atoms with Crippen molar-refractivity contribution in [1.82, 2.24) is 15.6 Å². The van der Waals surface area contributed by atoms with Crippen LogP contribution in [0.4, 0.5) is 5.69 Å². The third-order valence-corrected chi connectivity index (χ3v) is 7.98. The number of Topliss-reactive ketones (excluding diaryl/α,β-unsaturated/α-hetero) is 2. The van der Waals surface area contributed by atoms with Gasteiger partial charge in [-0.05, 0) is 55.3 Å². The van der Waals surface area contributed by atoms with Crippen LogP contribution in [0.2, 0.25) is 0 Å². The zero-order valence-electron chi connectivity index (χ0n) is 19.1. The van der Waals surface area contributed by atoms with Gasteiger partial charge in [0.2, 0.25) is 0 Å². The summed E-state index contributed by atoms with van der Waals surface area (Å²) in [6, 6.07) is 16.0. The average molecular weight is 465 g/mol. The number of carbonyl (C=O) groups is 3. The number of rotatable bonds is 4. The van der Waals surface area contributed by atoms with Crippen molar-refractivity contribution < 1.29 is 14.4 Å². The van der Waals surface area contributed by atoms with Gasteiger partial charge in [0.25, 0.3) is 5.91 Å². The monoisotopic (exact) mass is 464 g/mol. The highest BCUT2D eigenvalue weighted by Crippen LogP contribution is 2.65. The Labute approximate surface area is 201 Å². The van der Waals surface area contributed by atoms with E-state index in [4.69, 9.17) is 0 Å². The highest BCUT2D eigenvalue weighted by atomic mass is 16.2. The smallest absolute Gasteiger partial charge is 0.255 e. The number of carbonyl (C=O) groups excluding carboxylic acids is 3. The second-order valence-electron chi connectivity index (χ2n) is 9.95. The van der Waals surface area contributed by atoms with Gasteiger partial charge in [-0.2, -0.15) is 0 Å². The fraction of sp³-hybridized carbons (Fsp3) is 0.250. The van der Waals surface area contributed by atoms with Crippen molar-refractivity contribution in [3.8, 4) is 0 Å². The molecule has 3 aromatic rings. The molecule has 2 aliphatic heterocycles. The van der Waals surface area contributed by atoms with E-state index in [2.05, 4.69) is 27.9 Å². The molecule has 1 amide bonds. The third kappa shape index (κ3) is 2.79. The Hall–Kier alpha value is -3.97. The summed E-state index contributed by atoms with van der Waals surface area (Å²) in [5.41, 5.74) is 5.41. The van der Waals surface area contributed by atoms with Crippen molar-refractivity contribution in [3.63, 3.8) is 0 Å². The van der Waals surface area contributed by atoms with Crippen LogP contribution in [-0.2, 0) is 4.79 Å². The minimum absolute atomic E-state index is 0.00902. The summed E-state index contributed by atoms with van der Waals surface area (Å²) >= 11 is 0. The molecular weight excluding hydrogens is 440 g/mol. The van der Waals surface area contributed by atoms with E-state index < -0.39 is 11.5 Å². The molecule has 2 fully saturated rings. The van der Waals surface area contributed by atoms with E-state index in [1.165, 1.54) is 5.57 Å². The fourth-order valence-electron chi connectivity index (χ4n) is 6.31. The Kier molecular flexibility index (Phi) is 4.09.